The number of aryl methyl sites for hydroxylation is 2. The average molecular weight is 547 g/mol. The number of para-hydroxylation sites is 4. The molecule has 0 heterocycles. The van der Waals surface area contributed by atoms with Crippen LogP contribution in [0.2, 0.25) is 0 Å². The van der Waals surface area contributed by atoms with Crippen molar-refractivity contribution in [1.29, 1.82) is 0 Å². The van der Waals surface area contributed by atoms with Gasteiger partial charge in [0.25, 0.3) is 0 Å². The summed E-state index contributed by atoms with van der Waals surface area (Å²) >= 11 is 0. The standard InChI is InChI=1S/C39H34N2O/c1-30-23-24-38(41(35-19-11-5-12-20-35)36-21-13-6-14-22-36)28-32(30)29-42-39-26-25-37(27-31(39)2)40(33-15-7-3-8-16-33)34-17-9-4-10-18-34/h3-28H,29H2,1-2H3. The minimum Gasteiger partial charge on any atom is -0.489 e. The van der Waals surface area contributed by atoms with Crippen molar-refractivity contribution in [3.05, 3.63) is 174 Å². The molecule has 0 saturated carbocycles. The molecule has 0 unspecified atom stereocenters. The van der Waals surface area contributed by atoms with Gasteiger partial charge in [-0.1, -0.05) is 78.9 Å². The number of benzene rings is 6. The van der Waals surface area contributed by atoms with Crippen molar-refractivity contribution in [2.45, 2.75) is 20.5 Å². The Hall–Kier alpha value is -5.28. The van der Waals surface area contributed by atoms with Crippen LogP contribution in [0.5, 0.6) is 5.75 Å². The van der Waals surface area contributed by atoms with Gasteiger partial charge in [-0.05, 0) is 109 Å². The lowest BCUT2D eigenvalue weighted by Gasteiger charge is -2.27. The lowest BCUT2D eigenvalue weighted by atomic mass is 10.1. The van der Waals surface area contributed by atoms with Crippen molar-refractivity contribution in [2.24, 2.45) is 0 Å². The summed E-state index contributed by atoms with van der Waals surface area (Å²) < 4.78 is 6.46. The van der Waals surface area contributed by atoms with Crippen LogP contribution < -0.4 is 14.5 Å². The predicted molar refractivity (Wildman–Crippen MR) is 176 cm³/mol. The molecule has 3 heteroatoms. The molecule has 3 nitrogen and oxygen atoms in total. The Labute approximate surface area is 248 Å². The highest BCUT2D eigenvalue weighted by molar-refractivity contribution is 5.78. The van der Waals surface area contributed by atoms with E-state index in [2.05, 4.69) is 157 Å². The smallest absolute Gasteiger partial charge is 0.122 e. The largest absolute Gasteiger partial charge is 0.489 e. The van der Waals surface area contributed by atoms with Gasteiger partial charge in [-0.2, -0.15) is 0 Å². The fourth-order valence-electron chi connectivity index (χ4n) is 5.25. The van der Waals surface area contributed by atoms with Crippen LogP contribution >= 0.6 is 0 Å². The van der Waals surface area contributed by atoms with Gasteiger partial charge in [-0.25, -0.2) is 0 Å². The molecule has 42 heavy (non-hydrogen) atoms. The van der Waals surface area contributed by atoms with Gasteiger partial charge in [0.1, 0.15) is 12.4 Å². The van der Waals surface area contributed by atoms with Gasteiger partial charge in [0.2, 0.25) is 0 Å². The Morgan fingerprint density at radius 1 is 0.405 bits per heavy atom. The van der Waals surface area contributed by atoms with Crippen LogP contribution in [0.4, 0.5) is 34.1 Å². The van der Waals surface area contributed by atoms with E-state index < -0.39 is 0 Å². The number of rotatable bonds is 9. The third kappa shape index (κ3) is 5.91. The molecule has 0 atom stereocenters. The molecule has 0 amide bonds. The highest BCUT2D eigenvalue weighted by Crippen LogP contribution is 2.38. The molecule has 0 fully saturated rings. The number of ether oxygens (including phenoxy) is 1. The lowest BCUT2D eigenvalue weighted by Crippen LogP contribution is -2.11. The first-order chi connectivity index (χ1) is 20.7. The van der Waals surface area contributed by atoms with Crippen LogP contribution in [0.25, 0.3) is 0 Å². The third-order valence-electron chi connectivity index (χ3n) is 7.45. The van der Waals surface area contributed by atoms with Crippen LogP contribution in [-0.4, -0.2) is 0 Å². The maximum absolute atomic E-state index is 6.46. The number of nitrogens with zero attached hydrogens (tertiary/aromatic N) is 2. The zero-order chi connectivity index (χ0) is 28.7. The van der Waals surface area contributed by atoms with Gasteiger partial charge < -0.3 is 14.5 Å². The topological polar surface area (TPSA) is 15.7 Å². The highest BCUT2D eigenvalue weighted by Gasteiger charge is 2.15. The first-order valence-electron chi connectivity index (χ1n) is 14.3. The molecule has 6 aromatic rings. The summed E-state index contributed by atoms with van der Waals surface area (Å²) in [7, 11) is 0. The molecule has 0 aliphatic carbocycles. The molecule has 0 spiro atoms. The summed E-state index contributed by atoms with van der Waals surface area (Å²) in [6.45, 7) is 4.74. The summed E-state index contributed by atoms with van der Waals surface area (Å²) in [4.78, 5) is 4.55. The first-order valence-corrected chi connectivity index (χ1v) is 14.3. The quantitative estimate of drug-likeness (QED) is 0.179. The van der Waals surface area contributed by atoms with Gasteiger partial charge in [0.05, 0.1) is 0 Å². The molecule has 6 rings (SSSR count). The monoisotopic (exact) mass is 546 g/mol. The fraction of sp³-hybridized carbons (Fsp3) is 0.0769. The van der Waals surface area contributed by atoms with Gasteiger partial charge in [0, 0.05) is 34.1 Å². The minimum absolute atomic E-state index is 0.484. The Morgan fingerprint density at radius 2 is 0.810 bits per heavy atom. The normalized spacial score (nSPS) is 10.7. The molecular formula is C39H34N2O. The second-order valence-electron chi connectivity index (χ2n) is 10.4. The van der Waals surface area contributed by atoms with E-state index in [1.165, 1.54) is 5.56 Å². The van der Waals surface area contributed by atoms with Gasteiger partial charge >= 0.3 is 0 Å². The molecule has 0 aliphatic rings. The van der Waals surface area contributed by atoms with Crippen molar-refractivity contribution in [3.63, 3.8) is 0 Å². The average Bonchev–Trinajstić information content (AvgIpc) is 3.04. The van der Waals surface area contributed by atoms with Crippen LogP contribution in [0.3, 0.4) is 0 Å². The minimum atomic E-state index is 0.484. The van der Waals surface area contributed by atoms with E-state index >= 15 is 0 Å². The molecule has 0 radical (unpaired) electrons. The summed E-state index contributed by atoms with van der Waals surface area (Å²) in [6.07, 6.45) is 0. The zero-order valence-corrected chi connectivity index (χ0v) is 24.0. The molecular weight excluding hydrogens is 512 g/mol. The van der Waals surface area contributed by atoms with Crippen molar-refractivity contribution < 1.29 is 4.74 Å². The summed E-state index contributed by atoms with van der Waals surface area (Å²) in [5, 5.41) is 0. The summed E-state index contributed by atoms with van der Waals surface area (Å²) in [5.74, 6) is 0.882. The first kappa shape index (κ1) is 26.9. The maximum Gasteiger partial charge on any atom is 0.122 e. The van der Waals surface area contributed by atoms with Crippen LogP contribution in [0.1, 0.15) is 16.7 Å². The fourth-order valence-corrected chi connectivity index (χ4v) is 5.25. The van der Waals surface area contributed by atoms with Crippen LogP contribution in [-0.2, 0) is 6.61 Å². The molecule has 0 N–H and O–H groups in total. The number of hydrogen-bond donors (Lipinski definition) is 0. The number of hydrogen-bond acceptors (Lipinski definition) is 3. The van der Waals surface area contributed by atoms with E-state index in [0.717, 1.165) is 51.0 Å². The molecule has 0 aliphatic heterocycles. The van der Waals surface area contributed by atoms with E-state index in [-0.39, 0.29) is 0 Å². The maximum atomic E-state index is 6.46. The molecule has 0 bridgehead atoms. The molecule has 206 valence electrons. The van der Waals surface area contributed by atoms with Crippen LogP contribution in [0, 0.1) is 13.8 Å². The Bertz CT molecular complexity index is 1660. The van der Waals surface area contributed by atoms with E-state index in [0.29, 0.717) is 6.61 Å². The van der Waals surface area contributed by atoms with E-state index in [1.54, 1.807) is 0 Å². The Kier molecular flexibility index (Phi) is 8.00. The Balaban J connectivity index is 1.27. The summed E-state index contributed by atoms with van der Waals surface area (Å²) in [5.41, 5.74) is 10.1. The third-order valence-corrected chi connectivity index (χ3v) is 7.45. The summed E-state index contributed by atoms with van der Waals surface area (Å²) in [6, 6.07) is 54.9. The molecule has 6 aromatic carbocycles. The van der Waals surface area contributed by atoms with Crippen molar-refractivity contribution >= 4 is 34.1 Å². The lowest BCUT2D eigenvalue weighted by molar-refractivity contribution is 0.303. The van der Waals surface area contributed by atoms with Crippen molar-refractivity contribution in [2.75, 3.05) is 9.80 Å². The SMILES string of the molecule is Cc1ccc(N(c2ccccc2)c2ccccc2)cc1COc1ccc(N(c2ccccc2)c2ccccc2)cc1C. The van der Waals surface area contributed by atoms with E-state index in [9.17, 15) is 0 Å². The van der Waals surface area contributed by atoms with E-state index in [1.807, 2.05) is 24.3 Å². The Morgan fingerprint density at radius 3 is 1.24 bits per heavy atom. The second-order valence-corrected chi connectivity index (χ2v) is 10.4. The molecule has 0 saturated heterocycles. The predicted octanol–water partition coefficient (Wildman–Crippen LogP) is 10.8. The highest BCUT2D eigenvalue weighted by atomic mass is 16.5. The molecule has 0 aromatic heterocycles. The van der Waals surface area contributed by atoms with Crippen molar-refractivity contribution in [3.8, 4) is 5.75 Å². The van der Waals surface area contributed by atoms with Crippen LogP contribution in [0.15, 0.2) is 158 Å². The zero-order valence-electron chi connectivity index (χ0n) is 24.0. The number of anilines is 6. The van der Waals surface area contributed by atoms with Crippen molar-refractivity contribution in [1.82, 2.24) is 0 Å². The second kappa shape index (κ2) is 12.5. The van der Waals surface area contributed by atoms with Gasteiger partial charge in [-0.15, -0.1) is 0 Å². The van der Waals surface area contributed by atoms with Gasteiger partial charge in [-0.3, -0.25) is 0 Å². The van der Waals surface area contributed by atoms with E-state index in [4.69, 9.17) is 4.74 Å². The van der Waals surface area contributed by atoms with Gasteiger partial charge in [0.15, 0.2) is 0 Å².